The van der Waals surface area contributed by atoms with Crippen LogP contribution in [-0.2, 0) is 4.79 Å². The van der Waals surface area contributed by atoms with Gasteiger partial charge in [0, 0.05) is 19.0 Å². The Morgan fingerprint density at radius 1 is 1.39 bits per heavy atom. The van der Waals surface area contributed by atoms with Crippen molar-refractivity contribution in [3.8, 4) is 0 Å². The van der Waals surface area contributed by atoms with Crippen molar-refractivity contribution in [3.05, 3.63) is 42.3 Å². The molecule has 1 N–H and O–H groups in total. The quantitative estimate of drug-likeness (QED) is 0.751. The number of carbonyl (C=O) groups is 1. The summed E-state index contributed by atoms with van der Waals surface area (Å²) in [5, 5.41) is 7.44. The highest BCUT2D eigenvalue weighted by Crippen LogP contribution is 2.25. The maximum Gasteiger partial charge on any atom is 0.227 e. The van der Waals surface area contributed by atoms with Gasteiger partial charge < -0.3 is 9.84 Å². The molecule has 3 aromatic rings. The van der Waals surface area contributed by atoms with Crippen LogP contribution in [-0.4, -0.2) is 34.5 Å². The molecular weight excluding hydrogens is 312 g/mol. The number of amides is 1. The first-order valence-corrected chi connectivity index (χ1v) is 8.21. The van der Waals surface area contributed by atoms with Crippen LogP contribution in [0.3, 0.4) is 0 Å². The van der Waals surface area contributed by atoms with Crippen molar-refractivity contribution in [2.24, 2.45) is 0 Å². The molecule has 0 spiro atoms. The number of rotatable bonds is 6. The van der Waals surface area contributed by atoms with Gasteiger partial charge in [-0.3, -0.25) is 9.69 Å². The molecule has 6 nitrogen and oxygen atoms in total. The molecule has 0 aliphatic rings. The van der Waals surface area contributed by atoms with Gasteiger partial charge in [-0.05, 0) is 26.1 Å². The molecule has 0 radical (unpaired) electrons. The first-order chi connectivity index (χ1) is 11.1. The number of hydrogen-bond donors (Lipinski definition) is 1. The van der Waals surface area contributed by atoms with Crippen LogP contribution in [0.15, 0.2) is 41.1 Å². The summed E-state index contributed by atoms with van der Waals surface area (Å²) in [5.41, 5.74) is 1.77. The van der Waals surface area contributed by atoms with E-state index in [1.807, 2.05) is 44.3 Å². The van der Waals surface area contributed by atoms with Crippen molar-refractivity contribution in [2.75, 3.05) is 18.9 Å². The van der Waals surface area contributed by atoms with Gasteiger partial charge in [-0.25, -0.2) is 4.98 Å². The van der Waals surface area contributed by atoms with E-state index in [2.05, 4.69) is 20.4 Å². The lowest BCUT2D eigenvalue weighted by atomic mass is 10.2. The molecule has 0 saturated carbocycles. The molecule has 2 heterocycles. The fourth-order valence-corrected chi connectivity index (χ4v) is 3.12. The SMILES string of the molecule is CC(c1ccon1)N(C)CCC(=O)Nc1nc2ccccc2s1. The fourth-order valence-electron chi connectivity index (χ4n) is 2.24. The summed E-state index contributed by atoms with van der Waals surface area (Å²) < 4.78 is 5.93. The average molecular weight is 330 g/mol. The predicted molar refractivity (Wildman–Crippen MR) is 90.4 cm³/mol. The summed E-state index contributed by atoms with van der Waals surface area (Å²) >= 11 is 1.49. The third-order valence-electron chi connectivity index (χ3n) is 3.78. The topological polar surface area (TPSA) is 71.3 Å². The average Bonchev–Trinajstić information content (AvgIpc) is 3.20. The van der Waals surface area contributed by atoms with Gasteiger partial charge in [0.15, 0.2) is 5.13 Å². The van der Waals surface area contributed by atoms with Gasteiger partial charge in [-0.1, -0.05) is 28.6 Å². The second kappa shape index (κ2) is 6.89. The van der Waals surface area contributed by atoms with Gasteiger partial charge in [-0.2, -0.15) is 0 Å². The zero-order chi connectivity index (χ0) is 16.2. The number of para-hydroxylation sites is 1. The highest BCUT2D eigenvalue weighted by Gasteiger charge is 2.16. The summed E-state index contributed by atoms with van der Waals surface area (Å²) in [6.45, 7) is 2.66. The van der Waals surface area contributed by atoms with E-state index < -0.39 is 0 Å². The van der Waals surface area contributed by atoms with E-state index in [-0.39, 0.29) is 11.9 Å². The number of carbonyl (C=O) groups excluding carboxylic acids is 1. The van der Waals surface area contributed by atoms with Gasteiger partial charge in [0.05, 0.1) is 16.3 Å². The highest BCUT2D eigenvalue weighted by molar-refractivity contribution is 7.22. The van der Waals surface area contributed by atoms with Crippen LogP contribution in [0, 0.1) is 0 Å². The largest absolute Gasteiger partial charge is 0.364 e. The lowest BCUT2D eigenvalue weighted by Crippen LogP contribution is -2.27. The first kappa shape index (κ1) is 15.6. The Kier molecular flexibility index (Phi) is 4.68. The van der Waals surface area contributed by atoms with Crippen molar-refractivity contribution in [3.63, 3.8) is 0 Å². The van der Waals surface area contributed by atoms with Crippen LogP contribution >= 0.6 is 11.3 Å². The molecule has 1 aromatic carbocycles. The normalized spacial score (nSPS) is 12.7. The van der Waals surface area contributed by atoms with Gasteiger partial charge >= 0.3 is 0 Å². The minimum atomic E-state index is -0.0386. The van der Waals surface area contributed by atoms with E-state index >= 15 is 0 Å². The van der Waals surface area contributed by atoms with E-state index in [4.69, 9.17) is 4.52 Å². The molecule has 0 aliphatic heterocycles. The minimum absolute atomic E-state index is 0.0386. The molecule has 0 aliphatic carbocycles. The first-order valence-electron chi connectivity index (χ1n) is 7.39. The Morgan fingerprint density at radius 2 is 2.22 bits per heavy atom. The molecular formula is C16H18N4O2S. The number of thiazole rings is 1. The van der Waals surface area contributed by atoms with Gasteiger partial charge in [0.2, 0.25) is 5.91 Å². The second-order valence-corrected chi connectivity index (χ2v) is 6.40. The van der Waals surface area contributed by atoms with Gasteiger partial charge in [0.1, 0.15) is 12.0 Å². The van der Waals surface area contributed by atoms with Crippen LogP contribution in [0.2, 0.25) is 0 Å². The molecule has 3 rings (SSSR count). The summed E-state index contributed by atoms with van der Waals surface area (Å²) in [7, 11) is 1.96. The maximum atomic E-state index is 12.1. The third-order valence-corrected chi connectivity index (χ3v) is 4.73. The summed E-state index contributed by atoms with van der Waals surface area (Å²) in [5.74, 6) is -0.0386. The third kappa shape index (κ3) is 3.75. The Balaban J connectivity index is 1.53. The fraction of sp³-hybridized carbons (Fsp3) is 0.312. The van der Waals surface area contributed by atoms with Crippen molar-refractivity contribution < 1.29 is 9.32 Å². The van der Waals surface area contributed by atoms with Crippen molar-refractivity contribution in [1.82, 2.24) is 15.0 Å². The molecule has 0 saturated heterocycles. The van der Waals surface area contributed by atoms with E-state index in [1.165, 1.54) is 11.3 Å². The number of anilines is 1. The number of nitrogens with one attached hydrogen (secondary N) is 1. The van der Waals surface area contributed by atoms with Gasteiger partial charge in [0.25, 0.3) is 0 Å². The van der Waals surface area contributed by atoms with E-state index in [0.29, 0.717) is 18.1 Å². The summed E-state index contributed by atoms with van der Waals surface area (Å²) in [6.07, 6.45) is 1.95. The second-order valence-electron chi connectivity index (χ2n) is 5.37. The molecule has 1 amide bonds. The molecule has 1 unspecified atom stereocenters. The van der Waals surface area contributed by atoms with Crippen LogP contribution in [0.4, 0.5) is 5.13 Å². The summed E-state index contributed by atoms with van der Waals surface area (Å²) in [4.78, 5) is 18.6. The van der Waals surface area contributed by atoms with Crippen molar-refractivity contribution in [2.45, 2.75) is 19.4 Å². The minimum Gasteiger partial charge on any atom is -0.364 e. The molecule has 120 valence electrons. The molecule has 23 heavy (non-hydrogen) atoms. The molecule has 0 fully saturated rings. The molecule has 0 bridgehead atoms. The highest BCUT2D eigenvalue weighted by atomic mass is 32.1. The lowest BCUT2D eigenvalue weighted by Gasteiger charge is -2.22. The molecule has 1 atom stereocenters. The number of fused-ring (bicyclic) bond motifs is 1. The Labute approximate surface area is 138 Å². The van der Waals surface area contributed by atoms with Crippen LogP contribution in [0.25, 0.3) is 10.2 Å². The van der Waals surface area contributed by atoms with E-state index in [9.17, 15) is 4.79 Å². The number of hydrogen-bond acceptors (Lipinski definition) is 6. The number of benzene rings is 1. The van der Waals surface area contributed by atoms with Crippen LogP contribution in [0.1, 0.15) is 25.1 Å². The maximum absolute atomic E-state index is 12.1. The van der Waals surface area contributed by atoms with E-state index in [1.54, 1.807) is 6.26 Å². The Bertz CT molecular complexity index is 751. The van der Waals surface area contributed by atoms with Gasteiger partial charge in [-0.15, -0.1) is 0 Å². The van der Waals surface area contributed by atoms with Crippen LogP contribution < -0.4 is 5.32 Å². The number of aromatic nitrogens is 2. The molecule has 7 heteroatoms. The number of nitrogens with zero attached hydrogens (tertiary/aromatic N) is 3. The smallest absolute Gasteiger partial charge is 0.227 e. The Hall–Kier alpha value is -2.25. The zero-order valence-electron chi connectivity index (χ0n) is 13.0. The standard InChI is InChI=1S/C16H18N4O2S/c1-11(12-8-10-22-19-12)20(2)9-7-15(21)18-16-17-13-5-3-4-6-14(13)23-16/h3-6,8,10-11H,7,9H2,1-2H3,(H,17,18,21). The monoisotopic (exact) mass is 330 g/mol. The van der Waals surface area contributed by atoms with Crippen LogP contribution in [0.5, 0.6) is 0 Å². The van der Waals surface area contributed by atoms with Crippen molar-refractivity contribution >= 4 is 32.6 Å². The predicted octanol–water partition coefficient (Wildman–Crippen LogP) is 3.31. The lowest BCUT2D eigenvalue weighted by molar-refractivity contribution is -0.116. The zero-order valence-corrected chi connectivity index (χ0v) is 13.8. The van der Waals surface area contributed by atoms with E-state index in [0.717, 1.165) is 15.9 Å². The molecule has 2 aromatic heterocycles. The summed E-state index contributed by atoms with van der Waals surface area (Å²) in [6, 6.07) is 9.78. The Morgan fingerprint density at radius 3 is 2.96 bits per heavy atom. The van der Waals surface area contributed by atoms with Crippen molar-refractivity contribution in [1.29, 1.82) is 0 Å².